The van der Waals surface area contributed by atoms with Crippen LogP contribution in [0, 0.1) is 5.82 Å². The Bertz CT molecular complexity index is 755. The minimum absolute atomic E-state index is 0. The Balaban J connectivity index is 0.00000208. The van der Waals surface area contributed by atoms with E-state index >= 15 is 0 Å². The second-order valence-electron chi connectivity index (χ2n) is 5.25. The third kappa shape index (κ3) is 3.45. The molecule has 0 spiro atoms. The first-order chi connectivity index (χ1) is 11.1. The van der Waals surface area contributed by atoms with Gasteiger partial charge in [0.25, 0.3) is 5.91 Å². The highest BCUT2D eigenvalue weighted by atomic mass is 32.1. The summed E-state index contributed by atoms with van der Waals surface area (Å²) in [7, 11) is 0. The van der Waals surface area contributed by atoms with Gasteiger partial charge in [-0.1, -0.05) is 12.1 Å². The number of aliphatic imine (C=N–C) groups is 1. The average Bonchev–Trinajstić information content (AvgIpc) is 3.18. The molecule has 1 amide bonds. The molecule has 1 aliphatic rings. The summed E-state index contributed by atoms with van der Waals surface area (Å²) < 4.78 is 13.0. The lowest BCUT2D eigenvalue weighted by molar-refractivity contribution is -0.120. The summed E-state index contributed by atoms with van der Waals surface area (Å²) in [5.74, 6) is -0.496. The fourth-order valence-electron chi connectivity index (χ4n) is 2.27. The molecule has 120 valence electrons. The number of amidine groups is 1. The van der Waals surface area contributed by atoms with Crippen molar-refractivity contribution in [1.29, 1.82) is 0 Å². The molecule has 1 saturated carbocycles. The van der Waals surface area contributed by atoms with Gasteiger partial charge in [-0.25, -0.2) is 9.37 Å². The van der Waals surface area contributed by atoms with Gasteiger partial charge in [0, 0.05) is 19.2 Å². The number of aromatic nitrogens is 1. The van der Waals surface area contributed by atoms with E-state index in [9.17, 15) is 9.18 Å². The van der Waals surface area contributed by atoms with Crippen LogP contribution in [0.4, 0.5) is 9.52 Å². The molecule has 0 bridgehead atoms. The molecule has 7 heteroatoms. The Morgan fingerprint density at radius 3 is 2.78 bits per heavy atom. The molecule has 3 rings (SSSR count). The molecule has 1 fully saturated rings. The summed E-state index contributed by atoms with van der Waals surface area (Å²) in [6.07, 6.45) is 6.19. The molecule has 23 heavy (non-hydrogen) atoms. The van der Waals surface area contributed by atoms with Gasteiger partial charge >= 0.3 is 0 Å². The number of carbonyl (C=O) groups excluding carboxylic acids is 1. The molecule has 0 atom stereocenters. The SMILES string of the molecule is NC(/C=C\Nc1nccs1)=NC(=O)C1(c2ccc(F)cc2)CC1.[HH]. The van der Waals surface area contributed by atoms with Crippen LogP contribution in [0.25, 0.3) is 0 Å². The van der Waals surface area contributed by atoms with E-state index in [0.717, 1.165) is 10.7 Å². The molecule has 0 aliphatic heterocycles. The Morgan fingerprint density at radius 1 is 1.43 bits per heavy atom. The number of thiazole rings is 1. The first-order valence-corrected chi connectivity index (χ1v) is 7.95. The summed E-state index contributed by atoms with van der Waals surface area (Å²) in [5, 5.41) is 5.51. The van der Waals surface area contributed by atoms with Gasteiger partial charge < -0.3 is 11.1 Å². The quantitative estimate of drug-likeness (QED) is 0.651. The summed E-state index contributed by atoms with van der Waals surface area (Å²) in [4.78, 5) is 20.4. The van der Waals surface area contributed by atoms with Crippen molar-refractivity contribution in [2.24, 2.45) is 10.7 Å². The normalized spacial score (nSPS) is 16.5. The second kappa shape index (κ2) is 6.29. The van der Waals surface area contributed by atoms with Gasteiger partial charge in [-0.3, -0.25) is 4.79 Å². The summed E-state index contributed by atoms with van der Waals surface area (Å²) in [6, 6.07) is 5.97. The Hall–Kier alpha value is -2.54. The smallest absolute Gasteiger partial charge is 0.258 e. The van der Waals surface area contributed by atoms with Gasteiger partial charge in [0.2, 0.25) is 0 Å². The Morgan fingerprint density at radius 2 is 2.17 bits per heavy atom. The van der Waals surface area contributed by atoms with Crippen LogP contribution in [0.15, 0.2) is 53.1 Å². The van der Waals surface area contributed by atoms with Gasteiger partial charge in [-0.2, -0.15) is 4.99 Å². The van der Waals surface area contributed by atoms with Crippen molar-refractivity contribution in [3.63, 3.8) is 0 Å². The maximum absolute atomic E-state index is 13.0. The first-order valence-electron chi connectivity index (χ1n) is 7.07. The Kier molecular flexibility index (Phi) is 4.20. The van der Waals surface area contributed by atoms with Crippen molar-refractivity contribution in [3.05, 3.63) is 59.5 Å². The van der Waals surface area contributed by atoms with Crippen molar-refractivity contribution < 1.29 is 10.6 Å². The van der Waals surface area contributed by atoms with E-state index < -0.39 is 5.41 Å². The monoisotopic (exact) mass is 332 g/mol. The highest BCUT2D eigenvalue weighted by Gasteiger charge is 2.51. The molecule has 3 N–H and O–H groups in total. The van der Waals surface area contributed by atoms with Crippen molar-refractivity contribution in [1.82, 2.24) is 4.98 Å². The lowest BCUT2D eigenvalue weighted by atomic mass is 9.95. The number of benzene rings is 1. The molecule has 0 unspecified atom stereocenters. The molecule has 1 aromatic carbocycles. The number of halogens is 1. The van der Waals surface area contributed by atoms with E-state index in [1.54, 1.807) is 24.5 Å². The first kappa shape index (κ1) is 15.4. The van der Waals surface area contributed by atoms with Crippen LogP contribution >= 0.6 is 11.3 Å². The summed E-state index contributed by atoms with van der Waals surface area (Å²) in [6.45, 7) is 0. The number of anilines is 1. The van der Waals surface area contributed by atoms with Crippen LogP contribution in [-0.4, -0.2) is 16.7 Å². The fourth-order valence-corrected chi connectivity index (χ4v) is 2.78. The van der Waals surface area contributed by atoms with E-state index in [0.29, 0.717) is 12.8 Å². The maximum Gasteiger partial charge on any atom is 0.258 e. The lowest BCUT2D eigenvalue weighted by Gasteiger charge is -2.11. The number of nitrogens with two attached hydrogens (primary N) is 1. The van der Waals surface area contributed by atoms with Gasteiger partial charge in [-0.05, 0) is 36.6 Å². The van der Waals surface area contributed by atoms with E-state index in [1.165, 1.54) is 29.5 Å². The molecule has 1 aromatic heterocycles. The summed E-state index contributed by atoms with van der Waals surface area (Å²) >= 11 is 1.45. The van der Waals surface area contributed by atoms with Gasteiger partial charge in [0.1, 0.15) is 11.7 Å². The maximum atomic E-state index is 13.0. The van der Waals surface area contributed by atoms with Crippen molar-refractivity contribution in [2.75, 3.05) is 5.32 Å². The van der Waals surface area contributed by atoms with Crippen LogP contribution in [0.1, 0.15) is 19.8 Å². The number of rotatable bonds is 5. The van der Waals surface area contributed by atoms with Gasteiger partial charge in [0.15, 0.2) is 5.13 Å². The number of carbonyl (C=O) groups is 1. The van der Waals surface area contributed by atoms with E-state index in [1.807, 2.05) is 5.38 Å². The van der Waals surface area contributed by atoms with E-state index in [-0.39, 0.29) is 19.0 Å². The largest absolute Gasteiger partial charge is 0.384 e. The van der Waals surface area contributed by atoms with Crippen LogP contribution in [0.3, 0.4) is 0 Å². The lowest BCUT2D eigenvalue weighted by Crippen LogP contribution is -2.22. The number of nitrogens with zero attached hydrogens (tertiary/aromatic N) is 2. The van der Waals surface area contributed by atoms with Crippen LogP contribution < -0.4 is 11.1 Å². The predicted molar refractivity (Wildman–Crippen MR) is 90.9 cm³/mol. The zero-order valence-electron chi connectivity index (χ0n) is 12.2. The van der Waals surface area contributed by atoms with E-state index in [2.05, 4.69) is 15.3 Å². The molecule has 2 aromatic rings. The number of hydrogen-bond acceptors (Lipinski definition) is 4. The minimum atomic E-state index is -0.644. The van der Waals surface area contributed by atoms with E-state index in [4.69, 9.17) is 5.73 Å². The minimum Gasteiger partial charge on any atom is -0.384 e. The predicted octanol–water partition coefficient (Wildman–Crippen LogP) is 3.07. The van der Waals surface area contributed by atoms with Crippen molar-refractivity contribution >= 4 is 28.2 Å². The zero-order chi connectivity index (χ0) is 16.3. The third-order valence-electron chi connectivity index (χ3n) is 3.68. The highest BCUT2D eigenvalue weighted by Crippen LogP contribution is 2.49. The fraction of sp³-hybridized carbons (Fsp3) is 0.188. The number of amides is 1. The third-order valence-corrected chi connectivity index (χ3v) is 4.38. The summed E-state index contributed by atoms with van der Waals surface area (Å²) in [5.41, 5.74) is 5.90. The molecule has 5 nitrogen and oxygen atoms in total. The number of hydrogen-bond donors (Lipinski definition) is 2. The molecule has 1 heterocycles. The molecular weight excluding hydrogens is 315 g/mol. The average molecular weight is 332 g/mol. The zero-order valence-corrected chi connectivity index (χ0v) is 13.0. The van der Waals surface area contributed by atoms with Crippen LogP contribution in [0.5, 0.6) is 0 Å². The van der Waals surface area contributed by atoms with Crippen LogP contribution in [-0.2, 0) is 10.2 Å². The molecular formula is C16H17FN4OS. The standard InChI is InChI=1S/C16H15FN4OS.H2/c17-12-3-1-11(2-4-12)16(6-7-16)14(22)21-13(18)5-8-19-15-20-9-10-23-15;/h1-5,8-10H,6-7H2,(H,19,20)(H2,18,21,22);1H/b8-5-;. The van der Waals surface area contributed by atoms with Crippen molar-refractivity contribution in [2.45, 2.75) is 18.3 Å². The topological polar surface area (TPSA) is 80.4 Å². The second-order valence-corrected chi connectivity index (χ2v) is 6.14. The highest BCUT2D eigenvalue weighted by molar-refractivity contribution is 7.13. The molecule has 1 aliphatic carbocycles. The Labute approximate surface area is 138 Å². The van der Waals surface area contributed by atoms with Crippen LogP contribution in [0.2, 0.25) is 0 Å². The molecule has 0 radical (unpaired) electrons. The number of nitrogens with one attached hydrogen (secondary N) is 1. The molecule has 0 saturated heterocycles. The van der Waals surface area contributed by atoms with Gasteiger partial charge in [-0.15, -0.1) is 11.3 Å². The van der Waals surface area contributed by atoms with Gasteiger partial charge in [0.05, 0.1) is 5.41 Å². The van der Waals surface area contributed by atoms with Crippen molar-refractivity contribution in [3.8, 4) is 0 Å².